The monoisotopic (exact) mass is 416 g/mol. The summed E-state index contributed by atoms with van der Waals surface area (Å²) in [5, 5.41) is -0.445. The number of carbonyl (C=O) groups excluding carboxylic acids is 3. The topological polar surface area (TPSA) is 66.9 Å². The lowest BCUT2D eigenvalue weighted by Crippen LogP contribution is -2.45. The highest BCUT2D eigenvalue weighted by atomic mass is 32.2. The molecular weight excluding hydrogens is 388 g/mol. The van der Waals surface area contributed by atoms with Crippen LogP contribution in [0.4, 0.5) is 10.5 Å². The van der Waals surface area contributed by atoms with Crippen LogP contribution in [0.3, 0.4) is 0 Å². The first kappa shape index (κ1) is 21.4. The Kier molecular flexibility index (Phi) is 5.81. The van der Waals surface area contributed by atoms with Crippen LogP contribution in [0.15, 0.2) is 17.0 Å². The van der Waals surface area contributed by atoms with Crippen LogP contribution in [0.2, 0.25) is 0 Å². The summed E-state index contributed by atoms with van der Waals surface area (Å²) in [7, 11) is 2.12. The maximum Gasteiger partial charge on any atom is 0.326 e. The molecule has 1 aromatic rings. The second-order valence-electron chi connectivity index (χ2n) is 8.32. The number of rotatable bonds is 4. The van der Waals surface area contributed by atoms with Crippen molar-refractivity contribution in [3.05, 3.63) is 33.7 Å². The van der Waals surface area contributed by atoms with Gasteiger partial charge in [0.15, 0.2) is 0 Å². The van der Waals surface area contributed by atoms with Crippen LogP contribution in [0.5, 0.6) is 0 Å². The number of benzene rings is 1. The molecular formula is C22H28N2O4S. The molecule has 0 aliphatic carbocycles. The van der Waals surface area contributed by atoms with Gasteiger partial charge < -0.3 is 9.64 Å². The largest absolute Gasteiger partial charge is 0.465 e. The summed E-state index contributed by atoms with van der Waals surface area (Å²) in [5.41, 5.74) is 4.49. The van der Waals surface area contributed by atoms with Crippen LogP contribution in [-0.2, 0) is 14.3 Å². The van der Waals surface area contributed by atoms with Gasteiger partial charge in [0.2, 0.25) is 0 Å². The Morgan fingerprint density at radius 2 is 2.03 bits per heavy atom. The van der Waals surface area contributed by atoms with E-state index in [1.165, 1.54) is 11.3 Å². The van der Waals surface area contributed by atoms with Crippen molar-refractivity contribution in [2.45, 2.75) is 52.5 Å². The average molecular weight is 417 g/mol. The van der Waals surface area contributed by atoms with E-state index < -0.39 is 17.1 Å². The molecule has 0 aromatic heterocycles. The summed E-state index contributed by atoms with van der Waals surface area (Å²) < 4.78 is 4.86. The Hall–Kier alpha value is -2.28. The van der Waals surface area contributed by atoms with Gasteiger partial charge in [-0.15, -0.1) is 0 Å². The van der Waals surface area contributed by atoms with Gasteiger partial charge in [0.1, 0.15) is 6.54 Å². The molecule has 7 heteroatoms. The van der Waals surface area contributed by atoms with E-state index in [0.717, 1.165) is 34.2 Å². The molecule has 1 fully saturated rings. The average Bonchev–Trinajstić information content (AvgIpc) is 2.88. The van der Waals surface area contributed by atoms with Gasteiger partial charge in [-0.2, -0.15) is 0 Å². The lowest BCUT2D eigenvalue weighted by Gasteiger charge is -2.45. The Morgan fingerprint density at radius 3 is 2.69 bits per heavy atom. The van der Waals surface area contributed by atoms with E-state index >= 15 is 0 Å². The van der Waals surface area contributed by atoms with Crippen LogP contribution in [0, 0.1) is 6.92 Å². The first-order chi connectivity index (χ1) is 13.5. The van der Waals surface area contributed by atoms with Crippen molar-refractivity contribution in [2.24, 2.45) is 0 Å². The molecule has 0 spiro atoms. The zero-order chi connectivity index (χ0) is 21.5. The molecule has 29 heavy (non-hydrogen) atoms. The number of imide groups is 1. The smallest absolute Gasteiger partial charge is 0.326 e. The van der Waals surface area contributed by atoms with Gasteiger partial charge in [-0.3, -0.25) is 19.3 Å². The molecule has 0 radical (unpaired) electrons. The number of hydrogen-bond acceptors (Lipinski definition) is 6. The van der Waals surface area contributed by atoms with Gasteiger partial charge in [-0.25, -0.2) is 0 Å². The molecule has 1 saturated heterocycles. The zero-order valence-corrected chi connectivity index (χ0v) is 18.7. The first-order valence-electron chi connectivity index (χ1n) is 9.84. The number of nitrogens with zero attached hydrogens (tertiary/aromatic N) is 2. The van der Waals surface area contributed by atoms with Crippen LogP contribution in [-0.4, -0.2) is 47.8 Å². The molecule has 156 valence electrons. The third-order valence-electron chi connectivity index (χ3n) is 5.77. The van der Waals surface area contributed by atoms with E-state index in [4.69, 9.17) is 4.74 Å². The molecule has 2 heterocycles. The Labute approximate surface area is 176 Å². The third kappa shape index (κ3) is 4.06. The number of aryl methyl sites for hydroxylation is 1. The number of hydrogen-bond donors (Lipinski definition) is 0. The first-order valence-corrected chi connectivity index (χ1v) is 10.7. The summed E-state index contributed by atoms with van der Waals surface area (Å²) >= 11 is 0.864. The highest BCUT2D eigenvalue weighted by molar-refractivity contribution is 8.18. The van der Waals surface area contributed by atoms with Crippen LogP contribution >= 0.6 is 11.8 Å². The fourth-order valence-electron chi connectivity index (χ4n) is 4.00. The molecule has 0 bridgehead atoms. The van der Waals surface area contributed by atoms with E-state index in [-0.39, 0.29) is 18.7 Å². The van der Waals surface area contributed by atoms with E-state index in [1.54, 1.807) is 13.0 Å². The van der Waals surface area contributed by atoms with Crippen molar-refractivity contribution >= 4 is 40.6 Å². The number of anilines is 1. The highest BCUT2D eigenvalue weighted by Crippen LogP contribution is 2.44. The predicted molar refractivity (Wildman–Crippen MR) is 116 cm³/mol. The molecule has 0 saturated carbocycles. The summed E-state index contributed by atoms with van der Waals surface area (Å²) in [5.74, 6) is -0.639. The number of esters is 1. The number of fused-ring (bicyclic) bond motifs is 1. The summed E-state index contributed by atoms with van der Waals surface area (Å²) in [6.45, 7) is 10.3. The second-order valence-corrected chi connectivity index (χ2v) is 9.31. The Balaban J connectivity index is 1.92. The standard InChI is InChI=1S/C22H28N2O4S/c1-7-28-19(25)12-24-20(26)18(29-21(24)27)10-15-9-16-14(3)11-22(4,5)23(6)17(16)8-13(15)2/h8-10,14H,7,11-12H2,1-6H3/b18-10-. The van der Waals surface area contributed by atoms with Crippen molar-refractivity contribution in [1.82, 2.24) is 4.90 Å². The number of thioether (sulfide) groups is 1. The normalized spacial score (nSPS) is 22.3. The van der Waals surface area contributed by atoms with Crippen LogP contribution in [0.25, 0.3) is 6.08 Å². The summed E-state index contributed by atoms with van der Waals surface area (Å²) in [6.07, 6.45) is 2.80. The van der Waals surface area contributed by atoms with Gasteiger partial charge in [-0.1, -0.05) is 6.92 Å². The van der Waals surface area contributed by atoms with Crippen molar-refractivity contribution in [3.8, 4) is 0 Å². The Morgan fingerprint density at radius 1 is 1.34 bits per heavy atom. The van der Waals surface area contributed by atoms with Crippen molar-refractivity contribution in [3.63, 3.8) is 0 Å². The molecule has 2 aliphatic heterocycles. The van der Waals surface area contributed by atoms with E-state index in [2.05, 4.69) is 44.9 Å². The quantitative estimate of drug-likeness (QED) is 0.538. The second kappa shape index (κ2) is 7.86. The fraction of sp³-hybridized carbons (Fsp3) is 0.500. The minimum absolute atomic E-state index is 0.0795. The van der Waals surface area contributed by atoms with Gasteiger partial charge in [0, 0.05) is 18.3 Å². The molecule has 6 nitrogen and oxygen atoms in total. The van der Waals surface area contributed by atoms with Crippen molar-refractivity contribution in [1.29, 1.82) is 0 Å². The number of ether oxygens (including phenoxy) is 1. The maximum atomic E-state index is 12.7. The fourth-order valence-corrected chi connectivity index (χ4v) is 4.83. The lowest BCUT2D eigenvalue weighted by molar-refractivity contribution is -0.145. The van der Waals surface area contributed by atoms with E-state index in [0.29, 0.717) is 10.8 Å². The van der Waals surface area contributed by atoms with Gasteiger partial charge in [0.25, 0.3) is 11.1 Å². The minimum atomic E-state index is -0.583. The number of carbonyl (C=O) groups is 3. The predicted octanol–water partition coefficient (Wildman–Crippen LogP) is 4.32. The molecule has 2 aliphatic rings. The summed E-state index contributed by atoms with van der Waals surface area (Å²) in [6, 6.07) is 4.28. The van der Waals surface area contributed by atoms with Crippen molar-refractivity contribution < 1.29 is 19.1 Å². The van der Waals surface area contributed by atoms with Crippen molar-refractivity contribution in [2.75, 3.05) is 25.1 Å². The van der Waals surface area contributed by atoms with E-state index in [9.17, 15) is 14.4 Å². The Bertz CT molecular complexity index is 906. The minimum Gasteiger partial charge on any atom is -0.465 e. The SMILES string of the molecule is CCOC(=O)CN1C(=O)S/C(=C\c2cc3c(cc2C)N(C)C(C)(C)CC3C)C1=O. The molecule has 2 amide bonds. The number of amides is 2. The van der Waals surface area contributed by atoms with Gasteiger partial charge >= 0.3 is 5.97 Å². The lowest BCUT2D eigenvalue weighted by atomic mass is 9.79. The maximum absolute atomic E-state index is 12.7. The molecule has 1 atom stereocenters. The zero-order valence-electron chi connectivity index (χ0n) is 17.9. The molecule has 0 N–H and O–H groups in total. The van der Waals surface area contributed by atoms with Gasteiger partial charge in [-0.05, 0) is 86.7 Å². The third-order valence-corrected chi connectivity index (χ3v) is 6.68. The summed E-state index contributed by atoms with van der Waals surface area (Å²) in [4.78, 5) is 40.2. The van der Waals surface area contributed by atoms with Crippen LogP contribution in [0.1, 0.15) is 56.7 Å². The molecule has 1 unspecified atom stereocenters. The van der Waals surface area contributed by atoms with E-state index in [1.807, 2.05) is 6.92 Å². The molecule has 1 aromatic carbocycles. The van der Waals surface area contributed by atoms with Gasteiger partial charge in [0.05, 0.1) is 11.5 Å². The van der Waals surface area contributed by atoms with Crippen LogP contribution < -0.4 is 4.90 Å². The molecule has 3 rings (SSSR count). The highest BCUT2D eigenvalue weighted by Gasteiger charge is 2.37.